The molecule has 114 valence electrons. The van der Waals surface area contributed by atoms with E-state index in [9.17, 15) is 9.90 Å². The average Bonchev–Trinajstić information content (AvgIpc) is 3.24. The second-order valence-electron chi connectivity index (χ2n) is 5.96. The number of phenols is 1. The van der Waals surface area contributed by atoms with E-state index in [0.717, 1.165) is 23.5 Å². The molecule has 1 amide bonds. The van der Waals surface area contributed by atoms with Crippen molar-refractivity contribution in [2.24, 2.45) is 5.92 Å². The zero-order valence-electron chi connectivity index (χ0n) is 12.0. The van der Waals surface area contributed by atoms with Crippen molar-refractivity contribution in [1.29, 1.82) is 0 Å². The van der Waals surface area contributed by atoms with Gasteiger partial charge in [-0.15, -0.1) is 11.3 Å². The van der Waals surface area contributed by atoms with Gasteiger partial charge in [-0.1, -0.05) is 0 Å². The fourth-order valence-electron chi connectivity index (χ4n) is 3.32. The van der Waals surface area contributed by atoms with Gasteiger partial charge in [-0.2, -0.15) is 0 Å². The van der Waals surface area contributed by atoms with Crippen molar-refractivity contribution in [2.75, 3.05) is 19.6 Å². The zero-order valence-corrected chi connectivity index (χ0v) is 12.8. The third kappa shape index (κ3) is 2.48. The van der Waals surface area contributed by atoms with E-state index >= 15 is 0 Å². The summed E-state index contributed by atoms with van der Waals surface area (Å²) in [6.07, 6.45) is 2.90. The van der Waals surface area contributed by atoms with E-state index in [0.29, 0.717) is 10.9 Å². The second kappa shape index (κ2) is 5.37. The van der Waals surface area contributed by atoms with Gasteiger partial charge in [0.15, 0.2) is 5.01 Å². The largest absolute Gasteiger partial charge is 0.508 e. The predicted molar refractivity (Wildman–Crippen MR) is 85.0 cm³/mol. The number of phenolic OH excluding ortho intramolecular Hbond substituents is 1. The van der Waals surface area contributed by atoms with E-state index in [1.807, 2.05) is 12.1 Å². The molecular formula is C16H17N3O2S. The molecule has 3 atom stereocenters. The van der Waals surface area contributed by atoms with Crippen molar-refractivity contribution >= 4 is 17.2 Å². The molecular weight excluding hydrogens is 298 g/mol. The summed E-state index contributed by atoms with van der Waals surface area (Å²) in [6.45, 7) is 3.24. The second-order valence-corrected chi connectivity index (χ2v) is 7.00. The molecule has 0 saturated carbocycles. The van der Waals surface area contributed by atoms with Crippen LogP contribution in [0.3, 0.4) is 0 Å². The van der Waals surface area contributed by atoms with Crippen molar-refractivity contribution in [3.05, 3.63) is 35.5 Å². The minimum atomic E-state index is -0.0752. The van der Waals surface area contributed by atoms with E-state index in [4.69, 9.17) is 0 Å². The molecule has 3 heterocycles. The topological polar surface area (TPSA) is 65.5 Å². The molecule has 1 aromatic heterocycles. The maximum absolute atomic E-state index is 12.4. The number of hydrogen-bond acceptors (Lipinski definition) is 5. The molecule has 0 spiro atoms. The standard InChI is InChI=1S/C16H17N3O2S/c20-12-3-1-10(2-4-12)14-7-17-16(22-14)15(21)18-13-9-19-6-5-11(13)8-19/h1-4,7,11,13,20H,5-6,8-9H2,(H,18,21)/t11-,13?/m0/s1. The number of hydrogen-bond donors (Lipinski definition) is 2. The Kier molecular flexibility index (Phi) is 3.35. The van der Waals surface area contributed by atoms with E-state index in [2.05, 4.69) is 15.2 Å². The van der Waals surface area contributed by atoms with Crippen LogP contribution in [0.5, 0.6) is 5.75 Å². The Morgan fingerprint density at radius 3 is 2.82 bits per heavy atom. The maximum Gasteiger partial charge on any atom is 0.280 e. The lowest BCUT2D eigenvalue weighted by Gasteiger charge is -2.22. The molecule has 2 unspecified atom stereocenters. The molecule has 2 saturated heterocycles. The van der Waals surface area contributed by atoms with Gasteiger partial charge in [0, 0.05) is 25.3 Å². The molecule has 2 bridgehead atoms. The Bertz CT molecular complexity index is 698. The van der Waals surface area contributed by atoms with Crippen LogP contribution in [-0.4, -0.2) is 46.6 Å². The molecule has 5 nitrogen and oxygen atoms in total. The molecule has 0 radical (unpaired) electrons. The molecule has 4 rings (SSSR count). The van der Waals surface area contributed by atoms with Crippen molar-refractivity contribution in [1.82, 2.24) is 15.2 Å². The number of fused-ring (bicyclic) bond motifs is 2. The number of amides is 1. The van der Waals surface area contributed by atoms with Crippen LogP contribution >= 0.6 is 11.3 Å². The number of aromatic hydroxyl groups is 1. The van der Waals surface area contributed by atoms with Crippen LogP contribution in [0.2, 0.25) is 0 Å². The van der Waals surface area contributed by atoms with Crippen LogP contribution < -0.4 is 5.32 Å². The van der Waals surface area contributed by atoms with Crippen LogP contribution in [0.25, 0.3) is 10.4 Å². The van der Waals surface area contributed by atoms with Gasteiger partial charge < -0.3 is 15.3 Å². The number of carbonyl (C=O) groups excluding carboxylic acids is 1. The third-order valence-corrected chi connectivity index (χ3v) is 5.55. The van der Waals surface area contributed by atoms with Gasteiger partial charge in [-0.05, 0) is 48.7 Å². The normalized spacial score (nSPS) is 26.3. The number of nitrogens with zero attached hydrogens (tertiary/aromatic N) is 2. The van der Waals surface area contributed by atoms with E-state index in [1.165, 1.54) is 24.3 Å². The Hall–Kier alpha value is -1.92. The lowest BCUT2D eigenvalue weighted by molar-refractivity contribution is 0.0924. The highest BCUT2D eigenvalue weighted by Gasteiger charge is 2.38. The summed E-state index contributed by atoms with van der Waals surface area (Å²) in [6, 6.07) is 7.20. The highest BCUT2D eigenvalue weighted by Crippen LogP contribution is 2.30. The lowest BCUT2D eigenvalue weighted by atomic mass is 10.0. The SMILES string of the molecule is O=C(NC1CN2CC[C@H]1C2)c1ncc(-c2ccc(O)cc2)s1. The summed E-state index contributed by atoms with van der Waals surface area (Å²) >= 11 is 1.38. The van der Waals surface area contributed by atoms with Crippen LogP contribution in [0.15, 0.2) is 30.5 Å². The average molecular weight is 315 g/mol. The first-order chi connectivity index (χ1) is 10.7. The Labute approximate surface area is 132 Å². The van der Waals surface area contributed by atoms with Crippen LogP contribution in [0, 0.1) is 5.92 Å². The van der Waals surface area contributed by atoms with Crippen molar-refractivity contribution in [2.45, 2.75) is 12.5 Å². The molecule has 0 aliphatic carbocycles. The van der Waals surface area contributed by atoms with Gasteiger partial charge in [0.25, 0.3) is 5.91 Å². The Balaban J connectivity index is 1.46. The molecule has 2 aromatic rings. The lowest BCUT2D eigenvalue weighted by Crippen LogP contribution is -2.43. The Morgan fingerprint density at radius 1 is 1.32 bits per heavy atom. The summed E-state index contributed by atoms with van der Waals surface area (Å²) < 4.78 is 0. The number of thiazole rings is 1. The summed E-state index contributed by atoms with van der Waals surface area (Å²) in [7, 11) is 0. The fraction of sp³-hybridized carbons (Fsp3) is 0.375. The number of nitrogens with one attached hydrogen (secondary N) is 1. The van der Waals surface area contributed by atoms with Crippen LogP contribution in [0.4, 0.5) is 0 Å². The van der Waals surface area contributed by atoms with Crippen molar-refractivity contribution in [3.63, 3.8) is 0 Å². The highest BCUT2D eigenvalue weighted by molar-refractivity contribution is 7.16. The third-order valence-electron chi connectivity index (χ3n) is 4.50. The summed E-state index contributed by atoms with van der Waals surface area (Å²) in [4.78, 5) is 19.9. The van der Waals surface area contributed by atoms with Gasteiger partial charge in [0.05, 0.1) is 4.88 Å². The molecule has 2 aliphatic heterocycles. The first kappa shape index (κ1) is 13.7. The minimum absolute atomic E-state index is 0.0752. The predicted octanol–water partition coefficient (Wildman–Crippen LogP) is 1.95. The van der Waals surface area contributed by atoms with Gasteiger partial charge in [0.1, 0.15) is 5.75 Å². The molecule has 22 heavy (non-hydrogen) atoms. The molecule has 2 N–H and O–H groups in total. The van der Waals surface area contributed by atoms with Gasteiger partial charge in [-0.25, -0.2) is 4.98 Å². The quantitative estimate of drug-likeness (QED) is 0.908. The fourth-order valence-corrected chi connectivity index (χ4v) is 4.14. The molecule has 2 fully saturated rings. The maximum atomic E-state index is 12.4. The van der Waals surface area contributed by atoms with E-state index in [-0.39, 0.29) is 17.7 Å². The van der Waals surface area contributed by atoms with Gasteiger partial charge in [-0.3, -0.25) is 4.79 Å². The zero-order chi connectivity index (χ0) is 15.1. The summed E-state index contributed by atoms with van der Waals surface area (Å²) in [5.41, 5.74) is 0.959. The molecule has 1 aromatic carbocycles. The monoisotopic (exact) mass is 315 g/mol. The first-order valence-electron chi connectivity index (χ1n) is 7.47. The molecule has 6 heteroatoms. The van der Waals surface area contributed by atoms with Gasteiger partial charge in [0.2, 0.25) is 0 Å². The molecule has 2 aliphatic rings. The van der Waals surface area contributed by atoms with Gasteiger partial charge >= 0.3 is 0 Å². The summed E-state index contributed by atoms with van der Waals surface area (Å²) in [5.74, 6) is 0.756. The number of benzene rings is 1. The van der Waals surface area contributed by atoms with Crippen molar-refractivity contribution < 1.29 is 9.90 Å². The van der Waals surface area contributed by atoms with Crippen LogP contribution in [-0.2, 0) is 0 Å². The van der Waals surface area contributed by atoms with Crippen molar-refractivity contribution in [3.8, 4) is 16.2 Å². The van der Waals surface area contributed by atoms with E-state index < -0.39 is 0 Å². The Morgan fingerprint density at radius 2 is 2.14 bits per heavy atom. The smallest absolute Gasteiger partial charge is 0.280 e. The van der Waals surface area contributed by atoms with E-state index in [1.54, 1.807) is 18.3 Å². The first-order valence-corrected chi connectivity index (χ1v) is 8.29. The number of carbonyl (C=O) groups is 1. The minimum Gasteiger partial charge on any atom is -0.508 e. The number of rotatable bonds is 3. The number of aromatic nitrogens is 1. The summed E-state index contributed by atoms with van der Waals surface area (Å²) in [5, 5.41) is 13.0. The number of piperidine rings is 1. The van der Waals surface area contributed by atoms with Crippen LogP contribution in [0.1, 0.15) is 16.2 Å². The highest BCUT2D eigenvalue weighted by atomic mass is 32.1.